The molecule has 0 unspecified atom stereocenters. The van der Waals surface area contributed by atoms with Crippen LogP contribution in [0, 0.1) is 0 Å². The van der Waals surface area contributed by atoms with Crippen LogP contribution >= 0.6 is 0 Å². The minimum absolute atomic E-state index is 0.0391. The van der Waals surface area contributed by atoms with Gasteiger partial charge in [-0.1, -0.05) is 0 Å². The second-order valence-electron chi connectivity index (χ2n) is 9.88. The predicted molar refractivity (Wildman–Crippen MR) is 164 cm³/mol. The van der Waals surface area contributed by atoms with E-state index in [-0.39, 0.29) is 27.8 Å². The number of sulfonamides is 2. The second-order valence-corrected chi connectivity index (χ2v) is 13.7. The van der Waals surface area contributed by atoms with Gasteiger partial charge in [0.05, 0.1) is 43.4 Å². The van der Waals surface area contributed by atoms with Crippen molar-refractivity contribution < 1.29 is 40.6 Å². The molecule has 0 amide bonds. The summed E-state index contributed by atoms with van der Waals surface area (Å²) in [5.74, 6) is -0.213. The summed E-state index contributed by atoms with van der Waals surface area (Å²) < 4.78 is 73.7. The van der Waals surface area contributed by atoms with Gasteiger partial charge in [-0.05, 0) is 79.2 Å². The van der Waals surface area contributed by atoms with Gasteiger partial charge in [0.2, 0.25) is 10.0 Å². The van der Waals surface area contributed by atoms with Gasteiger partial charge in [-0.15, -0.1) is 0 Å². The van der Waals surface area contributed by atoms with E-state index in [4.69, 9.17) is 14.2 Å². The maximum atomic E-state index is 13.7. The van der Waals surface area contributed by atoms with E-state index in [1.54, 1.807) is 36.0 Å². The summed E-state index contributed by atoms with van der Waals surface area (Å²) in [5.41, 5.74) is 1.37. The summed E-state index contributed by atoms with van der Waals surface area (Å²) in [6, 6.07) is 16.4. The minimum atomic E-state index is -4.19. The van der Waals surface area contributed by atoms with Gasteiger partial charge in [0.1, 0.15) is 23.8 Å². The van der Waals surface area contributed by atoms with E-state index in [9.17, 15) is 26.4 Å². The number of carbonyl (C=O) groups is 2. The highest BCUT2D eigenvalue weighted by molar-refractivity contribution is 7.92. The van der Waals surface area contributed by atoms with E-state index in [0.717, 1.165) is 15.7 Å². The average molecular weight is 644 g/mol. The first kappa shape index (κ1) is 32.5. The predicted octanol–water partition coefficient (Wildman–Crippen LogP) is 3.34. The molecule has 0 aliphatic carbocycles. The third-order valence-electron chi connectivity index (χ3n) is 6.93. The van der Waals surface area contributed by atoms with Crippen LogP contribution in [0.15, 0.2) is 82.7 Å². The third-order valence-corrected chi connectivity index (χ3v) is 10.5. The van der Waals surface area contributed by atoms with Gasteiger partial charge in [-0.3, -0.25) is 13.9 Å². The molecule has 0 saturated heterocycles. The Bertz CT molecular complexity index is 1880. The SMILES string of the molecule is COC(=O)CN(Cc1cn(C)c2ccc(N(CC(C)=O)S(=O)(=O)c3ccc(OC)cc3)cc12)S(=O)(=O)c1ccc(OC)cc1. The molecule has 0 saturated carbocycles. The maximum absolute atomic E-state index is 13.7. The van der Waals surface area contributed by atoms with E-state index >= 15 is 0 Å². The fourth-order valence-corrected chi connectivity index (χ4v) is 7.50. The van der Waals surface area contributed by atoms with Crippen LogP contribution in [0.1, 0.15) is 12.5 Å². The molecule has 1 aromatic heterocycles. The molecular weight excluding hydrogens is 610 g/mol. The van der Waals surface area contributed by atoms with Crippen LogP contribution < -0.4 is 13.8 Å². The van der Waals surface area contributed by atoms with Crippen molar-refractivity contribution in [2.75, 3.05) is 38.7 Å². The Labute approximate surface area is 256 Å². The van der Waals surface area contributed by atoms with Gasteiger partial charge in [-0.25, -0.2) is 16.8 Å². The van der Waals surface area contributed by atoms with Crippen molar-refractivity contribution in [3.63, 3.8) is 0 Å². The number of carbonyl (C=O) groups excluding carboxylic acids is 2. The summed E-state index contributed by atoms with van der Waals surface area (Å²) in [5, 5.41) is 0.531. The van der Waals surface area contributed by atoms with Crippen LogP contribution in [0.25, 0.3) is 10.9 Å². The first-order chi connectivity index (χ1) is 20.8. The number of hydrogen-bond donors (Lipinski definition) is 0. The zero-order valence-corrected chi connectivity index (χ0v) is 26.5. The topological polar surface area (TPSA) is 142 Å². The number of ketones is 1. The van der Waals surface area contributed by atoms with Crippen molar-refractivity contribution >= 4 is 48.4 Å². The maximum Gasteiger partial charge on any atom is 0.321 e. The Morgan fingerprint density at radius 3 is 1.82 bits per heavy atom. The number of anilines is 1. The lowest BCUT2D eigenvalue weighted by molar-refractivity contribution is -0.140. The van der Waals surface area contributed by atoms with Gasteiger partial charge in [0.25, 0.3) is 10.0 Å². The van der Waals surface area contributed by atoms with Crippen LogP contribution in [0.2, 0.25) is 0 Å². The van der Waals surface area contributed by atoms with Crippen LogP contribution in [0.4, 0.5) is 5.69 Å². The van der Waals surface area contributed by atoms with Crippen molar-refractivity contribution in [1.29, 1.82) is 0 Å². The zero-order valence-electron chi connectivity index (χ0n) is 24.9. The highest BCUT2D eigenvalue weighted by Gasteiger charge is 2.30. The van der Waals surface area contributed by atoms with Gasteiger partial charge in [0, 0.05) is 30.7 Å². The molecule has 0 spiro atoms. The first-order valence-electron chi connectivity index (χ1n) is 13.3. The van der Waals surface area contributed by atoms with Crippen LogP contribution in [-0.2, 0) is 48.0 Å². The molecule has 3 aromatic carbocycles. The average Bonchev–Trinajstić information content (AvgIpc) is 3.33. The summed E-state index contributed by atoms with van der Waals surface area (Å²) in [7, 11) is -2.52. The highest BCUT2D eigenvalue weighted by atomic mass is 32.2. The molecule has 14 heteroatoms. The summed E-state index contributed by atoms with van der Waals surface area (Å²) in [6.07, 6.45) is 1.70. The van der Waals surface area contributed by atoms with Crippen molar-refractivity contribution in [1.82, 2.24) is 8.87 Å². The first-order valence-corrected chi connectivity index (χ1v) is 16.1. The molecule has 12 nitrogen and oxygen atoms in total. The number of ether oxygens (including phenoxy) is 3. The number of nitrogens with zero attached hydrogens (tertiary/aromatic N) is 3. The molecule has 0 bridgehead atoms. The Morgan fingerprint density at radius 1 is 0.773 bits per heavy atom. The summed E-state index contributed by atoms with van der Waals surface area (Å²) in [6.45, 7) is 0.0610. The smallest absolute Gasteiger partial charge is 0.321 e. The standard InChI is InChI=1S/C30H33N3O9S2/c1-21(34)17-33(44(38,39)27-13-9-25(41-4)10-14-27)23-6-15-29-28(16-23)22(18-31(29)2)19-32(20-30(35)42-5)43(36,37)26-11-7-24(40-3)8-12-26/h6-16,18H,17,19-20H2,1-5H3. The van der Waals surface area contributed by atoms with Gasteiger partial charge in [-0.2, -0.15) is 4.31 Å². The summed E-state index contributed by atoms with van der Waals surface area (Å²) in [4.78, 5) is 24.5. The van der Waals surface area contributed by atoms with Gasteiger partial charge >= 0.3 is 5.97 Å². The number of benzene rings is 3. The van der Waals surface area contributed by atoms with Crippen LogP contribution in [0.3, 0.4) is 0 Å². The van der Waals surface area contributed by atoms with E-state index < -0.39 is 39.1 Å². The number of Topliss-reactive ketones (excluding diaryl/α,β-unsaturated/α-hetero) is 1. The van der Waals surface area contributed by atoms with E-state index in [1.165, 1.54) is 69.7 Å². The normalized spacial score (nSPS) is 11.9. The molecular formula is C30H33N3O9S2. The quantitative estimate of drug-likeness (QED) is 0.201. The van der Waals surface area contributed by atoms with E-state index in [0.29, 0.717) is 28.0 Å². The van der Waals surface area contributed by atoms with Crippen molar-refractivity contribution in [2.24, 2.45) is 7.05 Å². The number of esters is 1. The molecule has 4 rings (SSSR count). The Kier molecular flexibility index (Phi) is 9.66. The summed E-state index contributed by atoms with van der Waals surface area (Å²) >= 11 is 0. The number of aromatic nitrogens is 1. The molecule has 4 aromatic rings. The molecule has 44 heavy (non-hydrogen) atoms. The van der Waals surface area contributed by atoms with Crippen LogP contribution in [0.5, 0.6) is 11.5 Å². The van der Waals surface area contributed by atoms with Gasteiger partial charge < -0.3 is 18.8 Å². The lowest BCUT2D eigenvalue weighted by atomic mass is 10.1. The largest absolute Gasteiger partial charge is 0.497 e. The van der Waals surface area contributed by atoms with E-state index in [1.807, 2.05) is 0 Å². The molecule has 234 valence electrons. The lowest BCUT2D eigenvalue weighted by Gasteiger charge is -2.24. The molecule has 0 aliphatic heterocycles. The minimum Gasteiger partial charge on any atom is -0.497 e. The van der Waals surface area contributed by atoms with Crippen molar-refractivity contribution in [3.8, 4) is 11.5 Å². The third kappa shape index (κ3) is 6.72. The lowest BCUT2D eigenvalue weighted by Crippen LogP contribution is -2.36. The molecule has 1 heterocycles. The zero-order chi connectivity index (χ0) is 32.2. The number of rotatable bonds is 13. The van der Waals surface area contributed by atoms with E-state index in [2.05, 4.69) is 0 Å². The molecule has 0 N–H and O–H groups in total. The van der Waals surface area contributed by atoms with Crippen molar-refractivity contribution in [3.05, 3.63) is 78.5 Å². The molecule has 0 aliphatic rings. The Balaban J connectivity index is 1.80. The second kappa shape index (κ2) is 13.1. The molecule has 0 atom stereocenters. The van der Waals surface area contributed by atoms with Crippen molar-refractivity contribution in [2.45, 2.75) is 23.3 Å². The number of methoxy groups -OCH3 is 3. The Hall–Kier alpha value is -4.40. The number of aryl methyl sites for hydroxylation is 1. The Morgan fingerprint density at radius 2 is 1.32 bits per heavy atom. The molecule has 0 radical (unpaired) electrons. The molecule has 0 fully saturated rings. The highest BCUT2D eigenvalue weighted by Crippen LogP contribution is 2.32. The number of fused-ring (bicyclic) bond motifs is 1. The van der Waals surface area contributed by atoms with Crippen LogP contribution in [-0.4, -0.2) is 71.9 Å². The fraction of sp³-hybridized carbons (Fsp3) is 0.267. The number of hydrogen-bond acceptors (Lipinski definition) is 9. The van der Waals surface area contributed by atoms with Gasteiger partial charge in [0.15, 0.2) is 0 Å². The monoisotopic (exact) mass is 643 g/mol. The fourth-order valence-electron chi connectivity index (χ4n) is 4.66.